The number of aromatic nitrogens is 5. The molecule has 3 aromatic rings. The third-order valence-electron chi connectivity index (χ3n) is 2.35. The maximum Gasteiger partial charge on any atom is 0.155 e. The number of aryl methyl sites for hydroxylation is 1. The molecule has 0 atom stereocenters. The molecule has 3 heterocycles. The molecule has 0 unspecified atom stereocenters. The van der Waals surface area contributed by atoms with Crippen LogP contribution in [0.2, 0.25) is 5.15 Å². The average molecular weight is 307 g/mol. The van der Waals surface area contributed by atoms with Crippen LogP contribution in [0.3, 0.4) is 0 Å². The fraction of sp³-hybridized carbons (Fsp3) is 0.100. The molecule has 3 aromatic heterocycles. The van der Waals surface area contributed by atoms with Gasteiger partial charge in [0.15, 0.2) is 5.15 Å². The van der Waals surface area contributed by atoms with E-state index in [1.165, 1.54) is 0 Å². The van der Waals surface area contributed by atoms with Gasteiger partial charge in [0.05, 0.1) is 24.3 Å². The Morgan fingerprint density at radius 2 is 1.94 bits per heavy atom. The Hall–Kier alpha value is -1.30. The van der Waals surface area contributed by atoms with E-state index in [9.17, 15) is 0 Å². The van der Waals surface area contributed by atoms with E-state index in [2.05, 4.69) is 15.2 Å². The molecule has 5 nitrogen and oxygen atoms in total. The zero-order valence-corrected chi connectivity index (χ0v) is 11.7. The van der Waals surface area contributed by atoms with Crippen LogP contribution in [0.25, 0.3) is 16.8 Å². The summed E-state index contributed by atoms with van der Waals surface area (Å²) in [4.78, 5) is 4.31. The Labute approximate surface area is 121 Å². The highest BCUT2D eigenvalue weighted by Gasteiger charge is 2.07. The molecular weight excluding hydrogens is 297 g/mol. The van der Waals surface area contributed by atoms with Crippen LogP contribution in [0.15, 0.2) is 30.9 Å². The van der Waals surface area contributed by atoms with Crippen LogP contribution in [0.5, 0.6) is 0 Å². The Bertz CT molecular complexity index is 660. The van der Waals surface area contributed by atoms with Crippen molar-refractivity contribution in [2.45, 2.75) is 0 Å². The van der Waals surface area contributed by atoms with Crippen molar-refractivity contribution >= 4 is 41.9 Å². The summed E-state index contributed by atoms with van der Waals surface area (Å²) in [5.41, 5.74) is 2.48. The van der Waals surface area contributed by atoms with Crippen molar-refractivity contribution in [3.05, 3.63) is 36.0 Å². The molecule has 0 aliphatic rings. The molecule has 3 rings (SSSR count). The summed E-state index contributed by atoms with van der Waals surface area (Å²) in [6.45, 7) is 0. The van der Waals surface area contributed by atoms with E-state index in [0.29, 0.717) is 5.15 Å². The number of nitrogens with zero attached hydrogens (tertiary/aromatic N) is 5. The molecule has 8 heteroatoms. The van der Waals surface area contributed by atoms with Crippen LogP contribution in [0.4, 0.5) is 0 Å². The first-order valence-corrected chi connectivity index (χ1v) is 5.11. The van der Waals surface area contributed by atoms with E-state index in [0.717, 1.165) is 16.8 Å². The van der Waals surface area contributed by atoms with E-state index in [4.69, 9.17) is 11.6 Å². The van der Waals surface area contributed by atoms with Crippen molar-refractivity contribution in [2.24, 2.45) is 7.05 Å². The highest BCUT2D eigenvalue weighted by atomic mass is 35.5. The van der Waals surface area contributed by atoms with Gasteiger partial charge in [-0.05, 0) is 6.07 Å². The van der Waals surface area contributed by atoms with Crippen molar-refractivity contribution in [3.8, 4) is 11.3 Å². The summed E-state index contributed by atoms with van der Waals surface area (Å²) in [6.07, 6.45) is 7.15. The summed E-state index contributed by atoms with van der Waals surface area (Å²) in [5.74, 6) is 0. The summed E-state index contributed by atoms with van der Waals surface area (Å²) >= 11 is 6.06. The molecular formula is C10H10Cl3N5. The van der Waals surface area contributed by atoms with Gasteiger partial charge in [0, 0.05) is 18.8 Å². The predicted octanol–water partition coefficient (Wildman–Crippen LogP) is 2.63. The minimum Gasteiger partial charge on any atom is -0.275 e. The molecule has 18 heavy (non-hydrogen) atoms. The van der Waals surface area contributed by atoms with E-state index >= 15 is 0 Å². The maximum absolute atomic E-state index is 6.06. The van der Waals surface area contributed by atoms with Gasteiger partial charge >= 0.3 is 0 Å². The summed E-state index contributed by atoms with van der Waals surface area (Å²) in [5, 5.41) is 8.68. The lowest BCUT2D eigenvalue weighted by Gasteiger charge is -2.00. The molecule has 0 N–H and O–H groups in total. The molecule has 0 aromatic carbocycles. The van der Waals surface area contributed by atoms with Gasteiger partial charge in [0.25, 0.3) is 0 Å². The van der Waals surface area contributed by atoms with Gasteiger partial charge in [-0.3, -0.25) is 4.68 Å². The fourth-order valence-corrected chi connectivity index (χ4v) is 1.82. The summed E-state index contributed by atoms with van der Waals surface area (Å²) in [7, 11) is 1.86. The van der Waals surface area contributed by atoms with Crippen LogP contribution < -0.4 is 0 Å². The maximum atomic E-state index is 6.06. The predicted molar refractivity (Wildman–Crippen MR) is 74.7 cm³/mol. The highest BCUT2D eigenvalue weighted by molar-refractivity contribution is 6.32. The first kappa shape index (κ1) is 14.8. The van der Waals surface area contributed by atoms with Crippen molar-refractivity contribution in [2.75, 3.05) is 0 Å². The highest BCUT2D eigenvalue weighted by Crippen LogP contribution is 2.21. The number of rotatable bonds is 1. The second kappa shape index (κ2) is 5.56. The van der Waals surface area contributed by atoms with Gasteiger partial charge in [-0.1, -0.05) is 11.6 Å². The standard InChI is InChI=1S/C10H8ClN5.2ClH/c1-15-5-7(4-13-15)8-6-16-9(2-3-12-16)10(11)14-8;;/h2-6H,1H3;2*1H. The average Bonchev–Trinajstić information content (AvgIpc) is 2.85. The van der Waals surface area contributed by atoms with Crippen LogP contribution in [-0.4, -0.2) is 24.4 Å². The molecule has 0 bridgehead atoms. The fourth-order valence-electron chi connectivity index (χ4n) is 1.58. The zero-order valence-electron chi connectivity index (χ0n) is 9.32. The SMILES string of the molecule is Cl.Cl.Cn1cc(-c2cn3nccc3c(Cl)n2)cn1. The van der Waals surface area contributed by atoms with E-state index in [1.54, 1.807) is 21.6 Å². The molecule has 0 saturated carbocycles. The van der Waals surface area contributed by atoms with Crippen molar-refractivity contribution < 1.29 is 0 Å². The van der Waals surface area contributed by atoms with E-state index in [1.807, 2.05) is 25.5 Å². The largest absolute Gasteiger partial charge is 0.275 e. The van der Waals surface area contributed by atoms with Crippen LogP contribution in [-0.2, 0) is 7.05 Å². The van der Waals surface area contributed by atoms with Gasteiger partial charge in [0.2, 0.25) is 0 Å². The smallest absolute Gasteiger partial charge is 0.155 e. The molecule has 96 valence electrons. The van der Waals surface area contributed by atoms with E-state index < -0.39 is 0 Å². The first-order chi connectivity index (χ1) is 7.74. The van der Waals surface area contributed by atoms with Crippen LogP contribution >= 0.6 is 36.4 Å². The first-order valence-electron chi connectivity index (χ1n) is 4.73. The lowest BCUT2D eigenvalue weighted by Crippen LogP contribution is -1.92. The number of hydrogen-bond acceptors (Lipinski definition) is 3. The Balaban J connectivity index is 0.000000810. The second-order valence-electron chi connectivity index (χ2n) is 3.48. The minimum atomic E-state index is 0. The van der Waals surface area contributed by atoms with E-state index in [-0.39, 0.29) is 24.8 Å². The molecule has 0 spiro atoms. The van der Waals surface area contributed by atoms with Gasteiger partial charge in [-0.2, -0.15) is 10.2 Å². The van der Waals surface area contributed by atoms with Gasteiger partial charge < -0.3 is 0 Å². The number of hydrogen-bond donors (Lipinski definition) is 0. The molecule has 0 radical (unpaired) electrons. The quantitative estimate of drug-likeness (QED) is 0.694. The van der Waals surface area contributed by atoms with Gasteiger partial charge in [0.1, 0.15) is 5.52 Å². The third-order valence-corrected chi connectivity index (χ3v) is 2.62. The molecule has 0 aliphatic carbocycles. The summed E-state index contributed by atoms with van der Waals surface area (Å²) in [6, 6.07) is 1.82. The zero-order chi connectivity index (χ0) is 11.1. The van der Waals surface area contributed by atoms with Gasteiger partial charge in [-0.15, -0.1) is 24.8 Å². The van der Waals surface area contributed by atoms with Crippen molar-refractivity contribution in [3.63, 3.8) is 0 Å². The molecule has 0 aliphatic heterocycles. The monoisotopic (exact) mass is 305 g/mol. The van der Waals surface area contributed by atoms with Gasteiger partial charge in [-0.25, -0.2) is 9.50 Å². The molecule has 0 amide bonds. The van der Waals surface area contributed by atoms with Crippen LogP contribution in [0.1, 0.15) is 0 Å². The normalized spacial score (nSPS) is 9.89. The molecule has 0 fully saturated rings. The summed E-state index contributed by atoms with van der Waals surface area (Å²) < 4.78 is 3.43. The topological polar surface area (TPSA) is 48.0 Å². The third kappa shape index (κ3) is 2.43. The van der Waals surface area contributed by atoms with Crippen LogP contribution in [0, 0.1) is 0 Å². The number of fused-ring (bicyclic) bond motifs is 1. The Morgan fingerprint density at radius 3 is 2.61 bits per heavy atom. The van der Waals surface area contributed by atoms with Crippen molar-refractivity contribution in [1.82, 2.24) is 24.4 Å². The Morgan fingerprint density at radius 1 is 1.17 bits per heavy atom. The second-order valence-corrected chi connectivity index (χ2v) is 3.84. The lowest BCUT2D eigenvalue weighted by molar-refractivity contribution is 0.768. The van der Waals surface area contributed by atoms with Crippen molar-refractivity contribution in [1.29, 1.82) is 0 Å². The minimum absolute atomic E-state index is 0. The molecule has 0 saturated heterocycles. The lowest BCUT2D eigenvalue weighted by atomic mass is 10.3. The Kier molecular flexibility index (Phi) is 4.56. The number of halogens is 3.